The second kappa shape index (κ2) is 7.76. The van der Waals surface area contributed by atoms with Crippen molar-refractivity contribution in [3.63, 3.8) is 0 Å². The van der Waals surface area contributed by atoms with Gasteiger partial charge < -0.3 is 5.11 Å². The van der Waals surface area contributed by atoms with Gasteiger partial charge in [-0.1, -0.05) is 42.2 Å². The van der Waals surface area contributed by atoms with Crippen LogP contribution < -0.4 is 0 Å². The molecule has 3 nitrogen and oxygen atoms in total. The first-order valence-electron chi connectivity index (χ1n) is 7.75. The average molecular weight is 325 g/mol. The van der Waals surface area contributed by atoms with E-state index in [2.05, 4.69) is 22.9 Å². The van der Waals surface area contributed by atoms with E-state index >= 15 is 0 Å². The molecule has 0 saturated heterocycles. The van der Waals surface area contributed by atoms with E-state index in [4.69, 9.17) is 5.11 Å². The standard InChI is InChI=1S/C22H15NO2/c24-22(25)19-13-11-17(12-14-19)6-1-2-7-18-8-3-4-10-21(18)20-9-5-15-23-16-20/h2-5,7-16H,(H,24,25)/b7-2+. The fourth-order valence-electron chi connectivity index (χ4n) is 2.38. The van der Waals surface area contributed by atoms with Crippen LogP contribution in [0.1, 0.15) is 21.5 Å². The van der Waals surface area contributed by atoms with Gasteiger partial charge in [-0.25, -0.2) is 4.79 Å². The lowest BCUT2D eigenvalue weighted by Gasteiger charge is -2.04. The number of benzene rings is 2. The maximum atomic E-state index is 10.8. The molecule has 3 aromatic rings. The second-order valence-electron chi connectivity index (χ2n) is 5.31. The van der Waals surface area contributed by atoms with Gasteiger partial charge in [0.2, 0.25) is 0 Å². The molecule has 3 rings (SSSR count). The predicted octanol–water partition coefficient (Wildman–Crippen LogP) is 4.51. The van der Waals surface area contributed by atoms with E-state index in [9.17, 15) is 4.79 Å². The lowest BCUT2D eigenvalue weighted by molar-refractivity contribution is 0.0697. The highest BCUT2D eigenvalue weighted by Gasteiger charge is 2.01. The van der Waals surface area contributed by atoms with Crippen LogP contribution in [0.2, 0.25) is 0 Å². The highest BCUT2D eigenvalue weighted by Crippen LogP contribution is 2.23. The van der Waals surface area contributed by atoms with Crippen molar-refractivity contribution < 1.29 is 9.90 Å². The first kappa shape index (κ1) is 16.2. The Balaban J connectivity index is 1.79. The molecule has 0 aliphatic rings. The van der Waals surface area contributed by atoms with Crippen molar-refractivity contribution in [2.24, 2.45) is 0 Å². The molecule has 0 aliphatic heterocycles. The molecule has 0 atom stereocenters. The van der Waals surface area contributed by atoms with Crippen LogP contribution in [0.3, 0.4) is 0 Å². The van der Waals surface area contributed by atoms with Crippen molar-refractivity contribution in [1.29, 1.82) is 0 Å². The van der Waals surface area contributed by atoms with Gasteiger partial charge in [-0.15, -0.1) is 0 Å². The zero-order chi connectivity index (χ0) is 17.5. The van der Waals surface area contributed by atoms with E-state index in [1.54, 1.807) is 36.5 Å². The van der Waals surface area contributed by atoms with Gasteiger partial charge in [0.25, 0.3) is 0 Å². The van der Waals surface area contributed by atoms with Crippen molar-refractivity contribution in [1.82, 2.24) is 4.98 Å². The molecule has 2 aromatic carbocycles. The zero-order valence-electron chi connectivity index (χ0n) is 13.4. The van der Waals surface area contributed by atoms with Crippen LogP contribution >= 0.6 is 0 Å². The monoisotopic (exact) mass is 325 g/mol. The summed E-state index contributed by atoms with van der Waals surface area (Å²) in [6.07, 6.45) is 7.34. The summed E-state index contributed by atoms with van der Waals surface area (Å²) in [6.45, 7) is 0. The van der Waals surface area contributed by atoms with Crippen molar-refractivity contribution in [3.8, 4) is 23.0 Å². The Morgan fingerprint density at radius 3 is 2.52 bits per heavy atom. The number of hydrogen-bond donors (Lipinski definition) is 1. The first-order valence-corrected chi connectivity index (χ1v) is 7.75. The third-order valence-corrected chi connectivity index (χ3v) is 3.63. The first-order chi connectivity index (χ1) is 12.2. The van der Waals surface area contributed by atoms with Crippen LogP contribution in [0.5, 0.6) is 0 Å². The molecule has 1 heterocycles. The van der Waals surface area contributed by atoms with E-state index in [0.717, 1.165) is 22.3 Å². The molecular formula is C22H15NO2. The maximum Gasteiger partial charge on any atom is 0.335 e. The van der Waals surface area contributed by atoms with Gasteiger partial charge in [-0.05, 0) is 53.6 Å². The van der Waals surface area contributed by atoms with Crippen molar-refractivity contribution in [3.05, 3.63) is 95.8 Å². The molecule has 3 heteroatoms. The van der Waals surface area contributed by atoms with Gasteiger partial charge in [0.05, 0.1) is 5.56 Å². The summed E-state index contributed by atoms with van der Waals surface area (Å²) in [5.41, 5.74) is 4.24. The van der Waals surface area contributed by atoms with Crippen LogP contribution in [0.25, 0.3) is 17.2 Å². The number of carbonyl (C=O) groups is 1. The second-order valence-corrected chi connectivity index (χ2v) is 5.31. The van der Waals surface area contributed by atoms with Gasteiger partial charge in [0.1, 0.15) is 0 Å². The minimum atomic E-state index is -0.939. The number of carboxylic acids is 1. The smallest absolute Gasteiger partial charge is 0.335 e. The van der Waals surface area contributed by atoms with Crippen molar-refractivity contribution in [2.75, 3.05) is 0 Å². The minimum absolute atomic E-state index is 0.256. The number of nitrogens with zero attached hydrogens (tertiary/aromatic N) is 1. The molecule has 0 radical (unpaired) electrons. The molecule has 0 spiro atoms. The summed E-state index contributed by atoms with van der Waals surface area (Å²) in [5, 5.41) is 8.88. The molecule has 120 valence electrons. The Bertz CT molecular complexity index is 962. The van der Waals surface area contributed by atoms with Gasteiger partial charge in [0.15, 0.2) is 0 Å². The summed E-state index contributed by atoms with van der Waals surface area (Å²) in [4.78, 5) is 15.0. The molecule has 0 saturated carbocycles. The van der Waals surface area contributed by atoms with Crippen LogP contribution in [0.15, 0.2) is 79.1 Å². The van der Waals surface area contributed by atoms with Gasteiger partial charge in [-0.2, -0.15) is 0 Å². The van der Waals surface area contributed by atoms with E-state index in [0.29, 0.717) is 0 Å². The highest BCUT2D eigenvalue weighted by atomic mass is 16.4. The Hall–Kier alpha value is -3.64. The van der Waals surface area contributed by atoms with Crippen molar-refractivity contribution >= 4 is 12.0 Å². The Morgan fingerprint density at radius 2 is 1.80 bits per heavy atom. The van der Waals surface area contributed by atoms with E-state index in [1.165, 1.54) is 0 Å². The Labute approximate surface area is 146 Å². The van der Waals surface area contributed by atoms with E-state index < -0.39 is 5.97 Å². The normalized spacial score (nSPS) is 10.2. The number of allylic oxidation sites excluding steroid dienone is 1. The summed E-state index contributed by atoms with van der Waals surface area (Å²) < 4.78 is 0. The summed E-state index contributed by atoms with van der Waals surface area (Å²) in [6, 6.07) is 18.5. The number of aromatic nitrogens is 1. The van der Waals surface area contributed by atoms with Gasteiger partial charge >= 0.3 is 5.97 Å². The van der Waals surface area contributed by atoms with Gasteiger partial charge in [-0.3, -0.25) is 4.98 Å². The molecule has 0 amide bonds. The molecule has 0 aliphatic carbocycles. The Kier molecular flexibility index (Phi) is 5.04. The zero-order valence-corrected chi connectivity index (χ0v) is 13.4. The van der Waals surface area contributed by atoms with Gasteiger partial charge in [0, 0.05) is 23.5 Å². The fraction of sp³-hybridized carbons (Fsp3) is 0. The lowest BCUT2D eigenvalue weighted by Crippen LogP contribution is -1.94. The molecule has 0 fully saturated rings. The molecule has 0 unspecified atom stereocenters. The third-order valence-electron chi connectivity index (χ3n) is 3.63. The van der Waals surface area contributed by atoms with Crippen LogP contribution in [-0.4, -0.2) is 16.1 Å². The summed E-state index contributed by atoms with van der Waals surface area (Å²) in [7, 11) is 0. The summed E-state index contributed by atoms with van der Waals surface area (Å²) in [5.74, 6) is 5.04. The van der Waals surface area contributed by atoms with E-state index in [-0.39, 0.29) is 5.56 Å². The quantitative estimate of drug-likeness (QED) is 0.721. The largest absolute Gasteiger partial charge is 0.478 e. The number of pyridine rings is 1. The average Bonchev–Trinajstić information content (AvgIpc) is 2.66. The number of carboxylic acid groups (broad SMARTS) is 1. The molecule has 1 aromatic heterocycles. The third kappa shape index (κ3) is 4.21. The molecule has 1 N–H and O–H groups in total. The topological polar surface area (TPSA) is 50.2 Å². The molecular weight excluding hydrogens is 310 g/mol. The van der Waals surface area contributed by atoms with Crippen LogP contribution in [0.4, 0.5) is 0 Å². The number of aromatic carboxylic acids is 1. The fourth-order valence-corrected chi connectivity index (χ4v) is 2.38. The summed E-state index contributed by atoms with van der Waals surface area (Å²) >= 11 is 0. The highest BCUT2D eigenvalue weighted by molar-refractivity contribution is 5.87. The van der Waals surface area contributed by atoms with E-state index in [1.807, 2.05) is 42.6 Å². The molecule has 0 bridgehead atoms. The molecule has 25 heavy (non-hydrogen) atoms. The SMILES string of the molecule is O=C(O)c1ccc(C#C/C=C/c2ccccc2-c2cccnc2)cc1. The van der Waals surface area contributed by atoms with Crippen molar-refractivity contribution in [2.45, 2.75) is 0 Å². The van der Waals surface area contributed by atoms with Crippen LogP contribution in [0, 0.1) is 11.8 Å². The maximum absolute atomic E-state index is 10.8. The minimum Gasteiger partial charge on any atom is -0.478 e. The lowest BCUT2D eigenvalue weighted by atomic mass is 10.0. The van der Waals surface area contributed by atoms with Crippen LogP contribution in [-0.2, 0) is 0 Å². The number of rotatable bonds is 3. The number of hydrogen-bond acceptors (Lipinski definition) is 2. The predicted molar refractivity (Wildman–Crippen MR) is 99.0 cm³/mol. The Morgan fingerprint density at radius 1 is 1.00 bits per heavy atom.